The second-order valence-corrected chi connectivity index (χ2v) is 10.3. The summed E-state index contributed by atoms with van der Waals surface area (Å²) in [6.45, 7) is 5.91. The zero-order valence-electron chi connectivity index (χ0n) is 16.8. The molecule has 3 heterocycles. The van der Waals surface area contributed by atoms with Crippen LogP contribution in [0.3, 0.4) is 0 Å². The molecule has 1 aromatic carbocycles. The lowest BCUT2D eigenvalue weighted by atomic mass is 10.0. The van der Waals surface area contributed by atoms with Crippen LogP contribution in [0, 0.1) is 12.8 Å². The number of carbonyl (C=O) groups excluding carboxylic acids is 1. The van der Waals surface area contributed by atoms with Gasteiger partial charge in [-0.2, -0.15) is 9.61 Å². The average molecular weight is 460 g/mol. The van der Waals surface area contributed by atoms with Crippen LogP contribution in [-0.4, -0.2) is 25.5 Å². The lowest BCUT2D eigenvalue weighted by Crippen LogP contribution is -2.21. The Morgan fingerprint density at radius 2 is 2.00 bits per heavy atom. The van der Waals surface area contributed by atoms with Crippen molar-refractivity contribution in [3.63, 3.8) is 0 Å². The van der Waals surface area contributed by atoms with Crippen LogP contribution in [0.15, 0.2) is 33.4 Å². The van der Waals surface area contributed by atoms with E-state index >= 15 is 0 Å². The van der Waals surface area contributed by atoms with Crippen molar-refractivity contribution in [3.8, 4) is 0 Å². The van der Waals surface area contributed by atoms with Gasteiger partial charge in [0.25, 0.3) is 5.56 Å². The van der Waals surface area contributed by atoms with Gasteiger partial charge in [-0.05, 0) is 38.0 Å². The molecule has 0 aliphatic carbocycles. The fourth-order valence-electron chi connectivity index (χ4n) is 3.11. The molecule has 30 heavy (non-hydrogen) atoms. The van der Waals surface area contributed by atoms with E-state index in [1.54, 1.807) is 23.1 Å². The number of thioether (sulfide) groups is 1. The number of amides is 1. The Kier molecular flexibility index (Phi) is 6.16. The van der Waals surface area contributed by atoms with Crippen molar-refractivity contribution in [1.82, 2.24) is 19.6 Å². The molecule has 0 unspecified atom stereocenters. The van der Waals surface area contributed by atoms with Crippen LogP contribution in [0.4, 0.5) is 5.69 Å². The van der Waals surface area contributed by atoms with Crippen LogP contribution in [-0.2, 0) is 10.5 Å². The Morgan fingerprint density at radius 3 is 2.77 bits per heavy atom. The fraction of sp³-hybridized carbons (Fsp3) is 0.350. The number of aromatic nitrogens is 4. The number of benzene rings is 1. The Balaban J connectivity index is 1.49. The molecule has 0 spiro atoms. The first kappa shape index (κ1) is 21.0. The van der Waals surface area contributed by atoms with Gasteiger partial charge in [-0.15, -0.1) is 11.3 Å². The maximum Gasteiger partial charge on any atom is 0.275 e. The van der Waals surface area contributed by atoms with Crippen molar-refractivity contribution in [3.05, 3.63) is 45.3 Å². The second-order valence-electron chi connectivity index (χ2n) is 6.85. The number of rotatable bonds is 7. The summed E-state index contributed by atoms with van der Waals surface area (Å²) in [4.78, 5) is 34.3. The quantitative estimate of drug-likeness (QED) is 0.402. The van der Waals surface area contributed by atoms with Crippen molar-refractivity contribution < 1.29 is 4.79 Å². The minimum absolute atomic E-state index is 0.0320. The number of thiazole rings is 1. The van der Waals surface area contributed by atoms with Crippen LogP contribution < -0.4 is 10.9 Å². The summed E-state index contributed by atoms with van der Waals surface area (Å²) in [6.07, 6.45) is 1.66. The summed E-state index contributed by atoms with van der Waals surface area (Å²) in [5, 5.41) is 7.98. The van der Waals surface area contributed by atoms with Gasteiger partial charge in [-0.3, -0.25) is 9.59 Å². The molecule has 4 aromatic rings. The van der Waals surface area contributed by atoms with E-state index in [1.165, 1.54) is 21.9 Å². The Bertz CT molecular complexity index is 1270. The molecule has 4 rings (SSSR count). The molecule has 156 valence electrons. The number of carbonyl (C=O) groups is 1. The second kappa shape index (κ2) is 8.83. The molecule has 3 aromatic heterocycles. The zero-order chi connectivity index (χ0) is 21.3. The summed E-state index contributed by atoms with van der Waals surface area (Å²) in [5.41, 5.74) is 2.23. The van der Waals surface area contributed by atoms with Gasteiger partial charge in [-0.1, -0.05) is 36.9 Å². The van der Waals surface area contributed by atoms with E-state index in [0.29, 0.717) is 16.4 Å². The van der Waals surface area contributed by atoms with Crippen LogP contribution in [0.25, 0.3) is 15.2 Å². The van der Waals surface area contributed by atoms with E-state index in [1.807, 2.05) is 39.0 Å². The van der Waals surface area contributed by atoms with Gasteiger partial charge < -0.3 is 5.32 Å². The first-order valence-corrected chi connectivity index (χ1v) is 12.3. The van der Waals surface area contributed by atoms with E-state index in [2.05, 4.69) is 20.4 Å². The summed E-state index contributed by atoms with van der Waals surface area (Å²) in [6, 6.07) is 7.31. The summed E-state index contributed by atoms with van der Waals surface area (Å²) < 4.78 is 3.25. The molecule has 0 saturated heterocycles. The highest BCUT2D eigenvalue weighted by atomic mass is 32.2. The molecular formula is C20H21N5O2S3. The number of anilines is 1. The molecule has 7 nitrogen and oxygen atoms in total. The first-order chi connectivity index (χ1) is 14.5. The Morgan fingerprint density at radius 1 is 1.20 bits per heavy atom. The molecule has 1 N–H and O–H groups in total. The topological polar surface area (TPSA) is 89.2 Å². The lowest BCUT2D eigenvalue weighted by molar-refractivity contribution is -0.120. The summed E-state index contributed by atoms with van der Waals surface area (Å²) in [7, 11) is 0. The Labute approximate surface area is 185 Å². The van der Waals surface area contributed by atoms with E-state index in [-0.39, 0.29) is 17.4 Å². The number of hydrogen-bond donors (Lipinski definition) is 1. The molecule has 0 fully saturated rings. The average Bonchev–Trinajstić information content (AvgIpc) is 3.29. The summed E-state index contributed by atoms with van der Waals surface area (Å²) in [5.74, 6) is 0.648. The molecule has 1 amide bonds. The molecule has 10 heteroatoms. The smallest absolute Gasteiger partial charge is 0.275 e. The third-order valence-electron chi connectivity index (χ3n) is 4.74. The van der Waals surface area contributed by atoms with Gasteiger partial charge >= 0.3 is 0 Å². The molecule has 0 aliphatic rings. The maximum atomic E-state index is 12.3. The minimum Gasteiger partial charge on any atom is -0.326 e. The number of hydrogen-bond acceptors (Lipinski definition) is 8. The third kappa shape index (κ3) is 4.40. The molecule has 0 saturated carbocycles. The number of nitrogens with zero attached hydrogens (tertiary/aromatic N) is 4. The van der Waals surface area contributed by atoms with Gasteiger partial charge in [0, 0.05) is 23.4 Å². The molecule has 0 radical (unpaired) electrons. The van der Waals surface area contributed by atoms with Crippen molar-refractivity contribution in [1.29, 1.82) is 0 Å². The SMILES string of the molecule is CCC(CC)C(=O)Nc1ccc2nc(SCc3cc(=O)n4nc(C)sc4n3)sc2c1. The van der Waals surface area contributed by atoms with Crippen LogP contribution >= 0.6 is 34.4 Å². The van der Waals surface area contributed by atoms with E-state index in [4.69, 9.17) is 0 Å². The normalized spacial score (nSPS) is 11.6. The predicted molar refractivity (Wildman–Crippen MR) is 124 cm³/mol. The standard InChI is InChI=1S/C20H21N5O2S3/c1-4-12(5-2)18(27)21-13-6-7-15-16(8-13)30-20(23-15)28-10-14-9-17(26)25-19(22-14)29-11(3)24-25/h6-9,12H,4-5,10H2,1-3H3,(H,21,27). The Hall–Kier alpha value is -2.30. The van der Waals surface area contributed by atoms with E-state index in [0.717, 1.165) is 38.1 Å². The zero-order valence-corrected chi connectivity index (χ0v) is 19.3. The monoisotopic (exact) mass is 459 g/mol. The van der Waals surface area contributed by atoms with Crippen molar-refractivity contribution in [2.24, 2.45) is 5.92 Å². The third-order valence-corrected chi connectivity index (χ3v) is 7.75. The van der Waals surface area contributed by atoms with Gasteiger partial charge in [0.1, 0.15) is 5.01 Å². The molecule has 0 atom stereocenters. The molecule has 0 bridgehead atoms. The number of fused-ring (bicyclic) bond motifs is 2. The summed E-state index contributed by atoms with van der Waals surface area (Å²) >= 11 is 4.52. The van der Waals surface area contributed by atoms with Gasteiger partial charge in [0.05, 0.1) is 15.9 Å². The van der Waals surface area contributed by atoms with Gasteiger partial charge in [0.2, 0.25) is 10.9 Å². The van der Waals surface area contributed by atoms with E-state index in [9.17, 15) is 9.59 Å². The molecule has 0 aliphatic heterocycles. The van der Waals surface area contributed by atoms with Gasteiger partial charge in [-0.25, -0.2) is 9.97 Å². The largest absolute Gasteiger partial charge is 0.326 e. The number of nitrogens with one attached hydrogen (secondary N) is 1. The first-order valence-electron chi connectivity index (χ1n) is 9.67. The maximum absolute atomic E-state index is 12.3. The van der Waals surface area contributed by atoms with Crippen LogP contribution in [0.2, 0.25) is 0 Å². The predicted octanol–water partition coefficient (Wildman–Crippen LogP) is 4.74. The highest BCUT2D eigenvalue weighted by Crippen LogP contribution is 2.33. The van der Waals surface area contributed by atoms with Crippen LogP contribution in [0.5, 0.6) is 0 Å². The fourth-order valence-corrected chi connectivity index (χ4v) is 5.88. The van der Waals surface area contributed by atoms with Crippen LogP contribution in [0.1, 0.15) is 37.4 Å². The minimum atomic E-state index is -0.165. The highest BCUT2D eigenvalue weighted by molar-refractivity contribution is 8.00. The number of aryl methyl sites for hydroxylation is 1. The lowest BCUT2D eigenvalue weighted by Gasteiger charge is -2.12. The highest BCUT2D eigenvalue weighted by Gasteiger charge is 2.15. The van der Waals surface area contributed by atoms with Crippen molar-refractivity contribution >= 4 is 61.2 Å². The van der Waals surface area contributed by atoms with Crippen molar-refractivity contribution in [2.75, 3.05) is 5.32 Å². The van der Waals surface area contributed by atoms with E-state index < -0.39 is 0 Å². The van der Waals surface area contributed by atoms with Crippen molar-refractivity contribution in [2.45, 2.75) is 43.7 Å². The molecular weight excluding hydrogens is 438 g/mol. The van der Waals surface area contributed by atoms with Gasteiger partial charge in [0.15, 0.2) is 4.34 Å².